The van der Waals surface area contributed by atoms with Gasteiger partial charge in [-0.2, -0.15) is 0 Å². The second-order valence-corrected chi connectivity index (χ2v) is 11.9. The Morgan fingerprint density at radius 3 is 2.21 bits per heavy atom. The first kappa shape index (κ1) is 26.1. The lowest BCUT2D eigenvalue weighted by Gasteiger charge is -2.35. The Bertz CT molecular complexity index is 963. The van der Waals surface area contributed by atoms with E-state index in [2.05, 4.69) is 72.0 Å². The molecule has 1 heterocycles. The molecule has 0 aliphatic carbocycles. The number of hydrogen-bond donors (Lipinski definition) is 2. The van der Waals surface area contributed by atoms with E-state index in [0.717, 1.165) is 61.0 Å². The SMILES string of the molecule is CCC1CCCCN1C(=O)Nc1ccccc1CCc1cc(C(C)(C)C)c(O)c(C(C)(C)C)c1. The molecular weight excluding hydrogens is 420 g/mol. The van der Waals surface area contributed by atoms with Crippen LogP contribution in [-0.4, -0.2) is 28.6 Å². The highest BCUT2D eigenvalue weighted by Crippen LogP contribution is 2.40. The van der Waals surface area contributed by atoms with Gasteiger partial charge in [-0.1, -0.05) is 78.8 Å². The van der Waals surface area contributed by atoms with Crippen molar-refractivity contribution in [2.24, 2.45) is 0 Å². The summed E-state index contributed by atoms with van der Waals surface area (Å²) in [4.78, 5) is 15.1. The number of hydrogen-bond acceptors (Lipinski definition) is 2. The number of benzene rings is 2. The van der Waals surface area contributed by atoms with Crippen LogP contribution >= 0.6 is 0 Å². The lowest BCUT2D eigenvalue weighted by molar-refractivity contribution is 0.160. The summed E-state index contributed by atoms with van der Waals surface area (Å²) in [5.74, 6) is 0.420. The maximum Gasteiger partial charge on any atom is 0.322 e. The Kier molecular flexibility index (Phi) is 8.00. The Morgan fingerprint density at radius 2 is 1.62 bits per heavy atom. The van der Waals surface area contributed by atoms with E-state index in [-0.39, 0.29) is 16.9 Å². The summed E-state index contributed by atoms with van der Waals surface area (Å²) in [5, 5.41) is 14.2. The molecule has 1 atom stereocenters. The number of aromatic hydroxyl groups is 1. The number of amides is 2. The van der Waals surface area contributed by atoms with E-state index < -0.39 is 0 Å². The first-order valence-corrected chi connectivity index (χ1v) is 12.9. The first-order valence-electron chi connectivity index (χ1n) is 12.9. The highest BCUT2D eigenvalue weighted by molar-refractivity contribution is 5.90. The zero-order valence-corrected chi connectivity index (χ0v) is 22.3. The van der Waals surface area contributed by atoms with Crippen LogP contribution in [0.25, 0.3) is 0 Å². The van der Waals surface area contributed by atoms with Crippen LogP contribution in [0.3, 0.4) is 0 Å². The smallest absolute Gasteiger partial charge is 0.322 e. The van der Waals surface area contributed by atoms with Gasteiger partial charge in [0.25, 0.3) is 0 Å². The minimum absolute atomic E-state index is 0.0219. The number of carbonyl (C=O) groups is 1. The third-order valence-electron chi connectivity index (χ3n) is 7.09. The highest BCUT2D eigenvalue weighted by atomic mass is 16.3. The Labute approximate surface area is 206 Å². The van der Waals surface area contributed by atoms with Crippen molar-refractivity contribution in [3.8, 4) is 5.75 Å². The number of para-hydroxylation sites is 1. The van der Waals surface area contributed by atoms with E-state index in [1.54, 1.807) is 0 Å². The second-order valence-electron chi connectivity index (χ2n) is 11.9. The summed E-state index contributed by atoms with van der Waals surface area (Å²) < 4.78 is 0. The Balaban J connectivity index is 1.82. The molecule has 1 unspecified atom stereocenters. The van der Waals surface area contributed by atoms with Crippen LogP contribution in [0.5, 0.6) is 5.75 Å². The maximum absolute atomic E-state index is 13.1. The molecule has 3 rings (SSSR count). The number of carbonyl (C=O) groups excluding carboxylic acids is 1. The van der Waals surface area contributed by atoms with Crippen LogP contribution in [-0.2, 0) is 23.7 Å². The molecule has 2 N–H and O–H groups in total. The first-order chi connectivity index (χ1) is 15.9. The van der Waals surface area contributed by atoms with Crippen molar-refractivity contribution < 1.29 is 9.90 Å². The van der Waals surface area contributed by atoms with Crippen LogP contribution in [0.1, 0.15) is 96.4 Å². The molecule has 0 aromatic heterocycles. The maximum atomic E-state index is 13.1. The van der Waals surface area contributed by atoms with Gasteiger partial charge in [0.1, 0.15) is 5.75 Å². The summed E-state index contributed by atoms with van der Waals surface area (Å²) in [7, 11) is 0. The van der Waals surface area contributed by atoms with Gasteiger partial charge in [-0.15, -0.1) is 0 Å². The minimum atomic E-state index is -0.143. The predicted octanol–water partition coefficient (Wildman–Crippen LogP) is 7.57. The molecule has 0 saturated carbocycles. The molecule has 0 bridgehead atoms. The summed E-state index contributed by atoms with van der Waals surface area (Å²) in [6, 6.07) is 12.8. The van der Waals surface area contributed by atoms with Crippen molar-refractivity contribution in [3.05, 3.63) is 58.7 Å². The van der Waals surface area contributed by atoms with E-state index in [1.807, 2.05) is 23.1 Å². The second kappa shape index (κ2) is 10.4. The van der Waals surface area contributed by atoms with E-state index in [9.17, 15) is 9.90 Å². The van der Waals surface area contributed by atoms with Crippen LogP contribution < -0.4 is 5.32 Å². The van der Waals surface area contributed by atoms with Gasteiger partial charge in [0.15, 0.2) is 0 Å². The molecule has 186 valence electrons. The van der Waals surface area contributed by atoms with Crippen molar-refractivity contribution in [2.45, 2.75) is 104 Å². The molecule has 2 amide bonds. The summed E-state index contributed by atoms with van der Waals surface area (Å²) >= 11 is 0. The minimum Gasteiger partial charge on any atom is -0.507 e. The molecule has 4 nitrogen and oxygen atoms in total. The number of anilines is 1. The average molecular weight is 465 g/mol. The largest absolute Gasteiger partial charge is 0.507 e. The van der Waals surface area contributed by atoms with Gasteiger partial charge in [-0.05, 0) is 77.7 Å². The lowest BCUT2D eigenvalue weighted by Crippen LogP contribution is -2.45. The van der Waals surface area contributed by atoms with Crippen molar-refractivity contribution in [1.82, 2.24) is 4.90 Å². The highest BCUT2D eigenvalue weighted by Gasteiger charge is 2.27. The number of phenols is 1. The van der Waals surface area contributed by atoms with Crippen LogP contribution in [0.2, 0.25) is 0 Å². The molecule has 2 aromatic rings. The van der Waals surface area contributed by atoms with E-state index in [0.29, 0.717) is 11.8 Å². The number of piperidine rings is 1. The normalized spacial score (nSPS) is 17.0. The van der Waals surface area contributed by atoms with Crippen LogP contribution in [0, 0.1) is 0 Å². The van der Waals surface area contributed by atoms with Gasteiger partial charge < -0.3 is 15.3 Å². The third-order valence-corrected chi connectivity index (χ3v) is 7.09. The molecule has 1 aliphatic rings. The number of phenolic OH excluding ortho intramolecular Hbond substituents is 1. The van der Waals surface area contributed by atoms with Gasteiger partial charge in [-0.25, -0.2) is 4.79 Å². The zero-order chi connectivity index (χ0) is 25.1. The molecule has 4 heteroatoms. The van der Waals surface area contributed by atoms with Gasteiger partial charge in [0, 0.05) is 18.3 Å². The number of nitrogens with zero attached hydrogens (tertiary/aromatic N) is 1. The van der Waals surface area contributed by atoms with Crippen LogP contribution in [0.15, 0.2) is 36.4 Å². The predicted molar refractivity (Wildman–Crippen MR) is 143 cm³/mol. The number of urea groups is 1. The fourth-order valence-corrected chi connectivity index (χ4v) is 5.00. The molecule has 1 saturated heterocycles. The van der Waals surface area contributed by atoms with Gasteiger partial charge in [0.05, 0.1) is 0 Å². The number of likely N-dealkylation sites (tertiary alicyclic amines) is 1. The van der Waals surface area contributed by atoms with Gasteiger partial charge >= 0.3 is 6.03 Å². The number of rotatable bonds is 5. The van der Waals surface area contributed by atoms with Crippen molar-refractivity contribution in [2.75, 3.05) is 11.9 Å². The summed E-state index contributed by atoms with van der Waals surface area (Å²) in [6.07, 6.45) is 6.06. The quantitative estimate of drug-likeness (QED) is 0.479. The molecule has 1 fully saturated rings. The lowest BCUT2D eigenvalue weighted by atomic mass is 9.78. The topological polar surface area (TPSA) is 52.6 Å². The third kappa shape index (κ3) is 6.14. The van der Waals surface area contributed by atoms with Gasteiger partial charge in [0.2, 0.25) is 0 Å². The van der Waals surface area contributed by atoms with E-state index >= 15 is 0 Å². The Morgan fingerprint density at radius 1 is 1.00 bits per heavy atom. The average Bonchev–Trinajstić information content (AvgIpc) is 2.77. The molecule has 1 aliphatic heterocycles. The molecule has 0 radical (unpaired) electrons. The number of nitrogens with one attached hydrogen (secondary N) is 1. The van der Waals surface area contributed by atoms with Crippen molar-refractivity contribution >= 4 is 11.7 Å². The number of aryl methyl sites for hydroxylation is 2. The molecule has 2 aromatic carbocycles. The molecular formula is C30H44N2O2. The molecule has 34 heavy (non-hydrogen) atoms. The monoisotopic (exact) mass is 464 g/mol. The molecule has 0 spiro atoms. The Hall–Kier alpha value is -2.49. The fraction of sp³-hybridized carbons (Fsp3) is 0.567. The zero-order valence-electron chi connectivity index (χ0n) is 22.3. The van der Waals surface area contributed by atoms with E-state index in [4.69, 9.17) is 0 Å². The summed E-state index contributed by atoms with van der Waals surface area (Å²) in [6.45, 7) is 15.9. The van der Waals surface area contributed by atoms with Crippen molar-refractivity contribution in [3.63, 3.8) is 0 Å². The van der Waals surface area contributed by atoms with Crippen LogP contribution in [0.4, 0.5) is 10.5 Å². The van der Waals surface area contributed by atoms with Gasteiger partial charge in [-0.3, -0.25) is 0 Å². The van der Waals surface area contributed by atoms with Crippen molar-refractivity contribution in [1.29, 1.82) is 0 Å². The summed E-state index contributed by atoms with van der Waals surface area (Å²) in [5.41, 5.74) is 4.96. The fourth-order valence-electron chi connectivity index (χ4n) is 5.00. The van der Waals surface area contributed by atoms with E-state index in [1.165, 1.54) is 12.0 Å². The standard InChI is InChI=1S/C30H44N2O2/c1-8-23-14-11-12-18-32(23)28(34)31-26-15-10-9-13-22(26)17-16-21-19-24(29(2,3)4)27(33)25(20-21)30(5,6)7/h9-10,13,15,19-20,23,33H,8,11-12,14,16-18H2,1-7H3,(H,31,34).